The smallest absolute Gasteiger partial charge is 0.113 e. The van der Waals surface area contributed by atoms with Crippen molar-refractivity contribution in [3.05, 3.63) is 21.3 Å². The summed E-state index contributed by atoms with van der Waals surface area (Å²) in [5.74, 6) is 0. The Morgan fingerprint density at radius 1 is 1.53 bits per heavy atom. The van der Waals surface area contributed by atoms with E-state index in [2.05, 4.69) is 22.6 Å². The van der Waals surface area contributed by atoms with Crippen molar-refractivity contribution in [3.63, 3.8) is 0 Å². The van der Waals surface area contributed by atoms with E-state index >= 15 is 0 Å². The van der Waals surface area contributed by atoms with Crippen molar-refractivity contribution in [1.82, 2.24) is 4.98 Å². The number of thiol groups is 1. The van der Waals surface area contributed by atoms with E-state index in [1.165, 1.54) is 0 Å². The number of nitrogens with one attached hydrogen (secondary N) is 1. The molecule has 5 heteroatoms. The highest BCUT2D eigenvalue weighted by molar-refractivity contribution is 7.80. The Bertz CT molecular complexity index is 444. The minimum atomic E-state index is -0.117. The van der Waals surface area contributed by atoms with Crippen LogP contribution < -0.4 is 0 Å². The Labute approximate surface area is 105 Å². The number of hydrogen-bond donors (Lipinski definition) is 2. The number of halogens is 1. The van der Waals surface area contributed by atoms with Gasteiger partial charge in [-0.3, -0.25) is 4.99 Å². The Balaban J connectivity index is 3.12. The molecular weight excluding hydrogens is 248 g/mol. The number of H-pyrrole nitrogens is 1. The van der Waals surface area contributed by atoms with Gasteiger partial charge in [-0.05, 0) is 26.8 Å². The first-order valence-corrected chi connectivity index (χ1v) is 5.70. The zero-order valence-corrected chi connectivity index (χ0v) is 11.3. The van der Waals surface area contributed by atoms with Gasteiger partial charge in [0.25, 0.3) is 0 Å². The summed E-state index contributed by atoms with van der Waals surface area (Å²) >= 11 is 15.2. The van der Waals surface area contributed by atoms with Crippen LogP contribution in [0.2, 0.25) is 5.02 Å². The number of hydrogen-bond acceptors (Lipinski definition) is 3. The molecule has 1 heterocycles. The van der Waals surface area contributed by atoms with E-state index in [0.29, 0.717) is 14.7 Å². The van der Waals surface area contributed by atoms with Crippen molar-refractivity contribution in [3.8, 4) is 0 Å². The predicted octanol–water partition coefficient (Wildman–Crippen LogP) is 3.90. The van der Waals surface area contributed by atoms with Crippen LogP contribution in [0.3, 0.4) is 0 Å². The molecule has 1 aromatic heterocycles. The topological polar surface area (TPSA) is 28.1 Å². The van der Waals surface area contributed by atoms with Crippen molar-refractivity contribution >= 4 is 42.7 Å². The maximum absolute atomic E-state index is 5.92. The van der Waals surface area contributed by atoms with Gasteiger partial charge < -0.3 is 4.98 Å². The standard InChI is InChI=1S/C10H13ClN2S2/c1-10(2,3)12-5-6-4-7(11)9(15)13-8(6)14/h4-5H,1-3H3,(H2,13,14,15). The normalized spacial score (nSPS) is 12.3. The quantitative estimate of drug-likeness (QED) is 0.447. The fourth-order valence-corrected chi connectivity index (χ4v) is 1.50. The van der Waals surface area contributed by atoms with Gasteiger partial charge in [0.15, 0.2) is 0 Å². The molecule has 0 aliphatic rings. The molecule has 1 N–H and O–H groups in total. The second-order valence-corrected chi connectivity index (χ2v) is 5.44. The average Bonchev–Trinajstić information content (AvgIpc) is 2.07. The molecule has 0 spiro atoms. The number of aromatic amines is 1. The zero-order chi connectivity index (χ0) is 11.6. The lowest BCUT2D eigenvalue weighted by Gasteiger charge is -2.10. The number of pyridine rings is 1. The molecule has 0 saturated carbocycles. The van der Waals surface area contributed by atoms with E-state index in [1.54, 1.807) is 12.3 Å². The predicted molar refractivity (Wildman–Crippen MR) is 71.2 cm³/mol. The maximum Gasteiger partial charge on any atom is 0.113 e. The molecule has 0 amide bonds. The van der Waals surface area contributed by atoms with Crippen LogP contribution in [0.25, 0.3) is 0 Å². The third-order valence-corrected chi connectivity index (χ3v) is 2.71. The number of aromatic nitrogens is 1. The summed E-state index contributed by atoms with van der Waals surface area (Å²) < 4.78 is 0.595. The summed E-state index contributed by atoms with van der Waals surface area (Å²) in [6.45, 7) is 6.06. The first kappa shape index (κ1) is 12.7. The van der Waals surface area contributed by atoms with Gasteiger partial charge in [0, 0.05) is 11.8 Å². The molecule has 0 unspecified atom stereocenters. The Morgan fingerprint density at radius 3 is 2.67 bits per heavy atom. The van der Waals surface area contributed by atoms with E-state index in [1.807, 2.05) is 20.8 Å². The maximum atomic E-state index is 5.92. The van der Waals surface area contributed by atoms with Gasteiger partial charge in [0.05, 0.1) is 15.6 Å². The van der Waals surface area contributed by atoms with E-state index in [9.17, 15) is 0 Å². The summed E-state index contributed by atoms with van der Waals surface area (Å²) in [5.41, 5.74) is 0.691. The van der Waals surface area contributed by atoms with Crippen molar-refractivity contribution in [1.29, 1.82) is 0 Å². The van der Waals surface area contributed by atoms with E-state index in [-0.39, 0.29) is 5.54 Å². The summed E-state index contributed by atoms with van der Waals surface area (Å²) in [6, 6.07) is 1.76. The SMILES string of the molecule is CC(C)(C)N=Cc1cc(Cl)c(S)[nH]c1=S. The Kier molecular flexibility index (Phi) is 3.98. The van der Waals surface area contributed by atoms with Crippen molar-refractivity contribution in [2.24, 2.45) is 4.99 Å². The number of nitrogens with zero attached hydrogens (tertiary/aromatic N) is 1. The fraction of sp³-hybridized carbons (Fsp3) is 0.400. The van der Waals surface area contributed by atoms with Gasteiger partial charge in [0.1, 0.15) is 4.64 Å². The first-order chi connectivity index (χ1) is 6.79. The minimum Gasteiger partial charge on any atom is -0.340 e. The third kappa shape index (κ3) is 3.97. The monoisotopic (exact) mass is 260 g/mol. The van der Waals surface area contributed by atoms with Crippen LogP contribution in [0.4, 0.5) is 0 Å². The summed E-state index contributed by atoms with van der Waals surface area (Å²) in [6.07, 6.45) is 1.73. The molecule has 1 rings (SSSR count). The molecule has 0 bridgehead atoms. The highest BCUT2D eigenvalue weighted by Crippen LogP contribution is 2.19. The molecule has 15 heavy (non-hydrogen) atoms. The Hall–Kier alpha value is -0.320. The summed E-state index contributed by atoms with van der Waals surface area (Å²) in [4.78, 5) is 7.26. The lowest BCUT2D eigenvalue weighted by molar-refractivity contribution is 0.586. The molecule has 0 atom stereocenters. The number of aliphatic imine (C=N–C) groups is 1. The fourth-order valence-electron chi connectivity index (χ4n) is 0.869. The third-order valence-electron chi connectivity index (χ3n) is 1.59. The van der Waals surface area contributed by atoms with Gasteiger partial charge in [0.2, 0.25) is 0 Å². The van der Waals surface area contributed by atoms with Gasteiger partial charge in [-0.2, -0.15) is 0 Å². The highest BCUT2D eigenvalue weighted by Gasteiger charge is 2.06. The second-order valence-electron chi connectivity index (χ2n) is 4.18. The molecule has 0 fully saturated rings. The van der Waals surface area contributed by atoms with Crippen LogP contribution in [0.5, 0.6) is 0 Å². The van der Waals surface area contributed by atoms with Crippen molar-refractivity contribution < 1.29 is 0 Å². The summed E-state index contributed by atoms with van der Waals surface area (Å²) in [7, 11) is 0. The van der Waals surface area contributed by atoms with Crippen LogP contribution in [0, 0.1) is 4.64 Å². The molecule has 1 aromatic rings. The molecule has 82 valence electrons. The van der Waals surface area contributed by atoms with Crippen LogP contribution in [0.1, 0.15) is 26.3 Å². The molecule has 0 aliphatic carbocycles. The molecule has 2 nitrogen and oxygen atoms in total. The second kappa shape index (κ2) is 4.68. The van der Waals surface area contributed by atoms with E-state index in [0.717, 1.165) is 5.56 Å². The largest absolute Gasteiger partial charge is 0.340 e. The van der Waals surface area contributed by atoms with Gasteiger partial charge in [-0.25, -0.2) is 0 Å². The van der Waals surface area contributed by atoms with Crippen molar-refractivity contribution in [2.45, 2.75) is 31.3 Å². The van der Waals surface area contributed by atoms with E-state index in [4.69, 9.17) is 23.8 Å². The molecule has 0 aliphatic heterocycles. The van der Waals surface area contributed by atoms with Gasteiger partial charge in [-0.15, -0.1) is 12.6 Å². The lowest BCUT2D eigenvalue weighted by Crippen LogP contribution is -2.09. The van der Waals surface area contributed by atoms with Crippen LogP contribution >= 0.6 is 36.4 Å². The number of rotatable bonds is 1. The summed E-state index contributed by atoms with van der Waals surface area (Å²) in [5, 5.41) is 1.12. The zero-order valence-electron chi connectivity index (χ0n) is 8.84. The lowest BCUT2D eigenvalue weighted by atomic mass is 10.1. The molecule has 0 saturated heterocycles. The molecular formula is C10H13ClN2S2. The van der Waals surface area contributed by atoms with Gasteiger partial charge in [-0.1, -0.05) is 23.8 Å². The average molecular weight is 261 g/mol. The minimum absolute atomic E-state index is 0.117. The molecule has 0 radical (unpaired) electrons. The molecule has 0 aromatic carbocycles. The first-order valence-electron chi connectivity index (χ1n) is 4.46. The van der Waals surface area contributed by atoms with E-state index < -0.39 is 0 Å². The van der Waals surface area contributed by atoms with Crippen LogP contribution in [0.15, 0.2) is 16.1 Å². The Morgan fingerprint density at radius 2 is 2.13 bits per heavy atom. The van der Waals surface area contributed by atoms with Crippen LogP contribution in [-0.2, 0) is 0 Å². The van der Waals surface area contributed by atoms with Crippen molar-refractivity contribution in [2.75, 3.05) is 0 Å². The van der Waals surface area contributed by atoms with Crippen LogP contribution in [-0.4, -0.2) is 16.7 Å². The highest BCUT2D eigenvalue weighted by atomic mass is 35.5. The van der Waals surface area contributed by atoms with Gasteiger partial charge >= 0.3 is 0 Å².